The Kier molecular flexibility index (Phi) is 3.72. The second-order valence-corrected chi connectivity index (χ2v) is 4.40. The van der Waals surface area contributed by atoms with E-state index in [1.165, 1.54) is 17.0 Å². The number of rotatable bonds is 3. The minimum atomic E-state index is -0.398. The fraction of sp³-hybridized carbons (Fsp3) is 0.385. The third-order valence-corrected chi connectivity index (χ3v) is 2.98. The summed E-state index contributed by atoms with van der Waals surface area (Å²) in [7, 11) is 0. The number of hydrogen-bond acceptors (Lipinski definition) is 3. The van der Waals surface area contributed by atoms with Gasteiger partial charge in [-0.2, -0.15) is 0 Å². The van der Waals surface area contributed by atoms with Crippen molar-refractivity contribution in [2.24, 2.45) is 5.73 Å². The Morgan fingerprint density at radius 2 is 1.72 bits per heavy atom. The molecule has 5 heteroatoms. The number of benzene rings is 1. The zero-order valence-corrected chi connectivity index (χ0v) is 9.99. The predicted molar refractivity (Wildman–Crippen MR) is 63.7 cm³/mol. The Balaban J connectivity index is 2.19. The van der Waals surface area contributed by atoms with Crippen LogP contribution in [0.5, 0.6) is 0 Å². The minimum Gasteiger partial charge on any atom is -0.326 e. The molecule has 1 aromatic rings. The summed E-state index contributed by atoms with van der Waals surface area (Å²) < 4.78 is 13.3. The van der Waals surface area contributed by atoms with Crippen molar-refractivity contribution in [1.82, 2.24) is 4.90 Å². The van der Waals surface area contributed by atoms with E-state index < -0.39 is 5.82 Å². The van der Waals surface area contributed by atoms with Crippen LogP contribution >= 0.6 is 0 Å². The van der Waals surface area contributed by atoms with Gasteiger partial charge in [0.25, 0.3) is 0 Å². The van der Waals surface area contributed by atoms with E-state index in [0.717, 1.165) is 0 Å². The number of nitrogens with two attached hydrogens (primary N) is 1. The fourth-order valence-corrected chi connectivity index (χ4v) is 2.09. The Morgan fingerprint density at radius 1 is 1.11 bits per heavy atom. The van der Waals surface area contributed by atoms with Gasteiger partial charge in [-0.25, -0.2) is 4.39 Å². The topological polar surface area (TPSA) is 63.4 Å². The van der Waals surface area contributed by atoms with Crippen LogP contribution in [0, 0.1) is 5.82 Å². The van der Waals surface area contributed by atoms with Gasteiger partial charge >= 0.3 is 0 Å². The van der Waals surface area contributed by atoms with Crippen LogP contribution in [0.4, 0.5) is 4.39 Å². The van der Waals surface area contributed by atoms with Crippen LogP contribution in [-0.4, -0.2) is 16.7 Å². The first kappa shape index (κ1) is 12.7. The lowest BCUT2D eigenvalue weighted by Gasteiger charge is -2.25. The van der Waals surface area contributed by atoms with Gasteiger partial charge in [-0.3, -0.25) is 14.5 Å². The summed E-state index contributed by atoms with van der Waals surface area (Å²) in [6, 6.07) is 4.40. The van der Waals surface area contributed by atoms with Crippen molar-refractivity contribution < 1.29 is 14.0 Å². The molecule has 2 N–H and O–H groups in total. The number of piperidine rings is 1. The summed E-state index contributed by atoms with van der Waals surface area (Å²) in [6.45, 7) is 0.356. The number of amides is 2. The molecule has 0 bridgehead atoms. The molecule has 96 valence electrons. The maximum Gasteiger partial charge on any atom is 0.229 e. The van der Waals surface area contributed by atoms with Gasteiger partial charge in [-0.05, 0) is 29.7 Å². The Hall–Kier alpha value is -1.75. The Bertz CT molecular complexity index is 472. The third kappa shape index (κ3) is 2.73. The molecule has 0 spiro atoms. The van der Waals surface area contributed by atoms with Crippen molar-refractivity contribution in [1.29, 1.82) is 0 Å². The number of carbonyl (C=O) groups is 2. The van der Waals surface area contributed by atoms with E-state index >= 15 is 0 Å². The third-order valence-electron chi connectivity index (χ3n) is 2.98. The zero-order valence-electron chi connectivity index (χ0n) is 9.99. The lowest BCUT2D eigenvalue weighted by atomic mass is 10.1. The molecular formula is C13H15FN2O2. The first-order valence-corrected chi connectivity index (χ1v) is 5.92. The summed E-state index contributed by atoms with van der Waals surface area (Å²) >= 11 is 0. The lowest BCUT2D eigenvalue weighted by Crippen LogP contribution is -2.39. The minimum absolute atomic E-state index is 0.127. The van der Waals surface area contributed by atoms with Gasteiger partial charge in [0.2, 0.25) is 11.8 Å². The molecule has 0 saturated carbocycles. The number of likely N-dealkylation sites (tertiary alicyclic amines) is 1. The highest BCUT2D eigenvalue weighted by Gasteiger charge is 2.25. The van der Waals surface area contributed by atoms with Gasteiger partial charge < -0.3 is 5.73 Å². The smallest absolute Gasteiger partial charge is 0.229 e. The molecule has 18 heavy (non-hydrogen) atoms. The SMILES string of the molecule is NCc1cc(F)cc(CN2C(=O)CCCC2=O)c1. The molecule has 0 atom stereocenters. The van der Waals surface area contributed by atoms with Gasteiger partial charge in [-0.1, -0.05) is 6.07 Å². The highest BCUT2D eigenvalue weighted by atomic mass is 19.1. The standard InChI is InChI=1S/C13H15FN2O2/c14-11-5-9(7-15)4-10(6-11)8-16-12(17)2-1-3-13(16)18/h4-6H,1-3,7-8,15H2. The molecule has 1 fully saturated rings. The molecule has 0 radical (unpaired) electrons. The van der Waals surface area contributed by atoms with Crippen LogP contribution in [0.15, 0.2) is 18.2 Å². The van der Waals surface area contributed by atoms with Gasteiger partial charge in [-0.15, -0.1) is 0 Å². The lowest BCUT2D eigenvalue weighted by molar-refractivity contribution is -0.148. The van der Waals surface area contributed by atoms with Crippen LogP contribution in [0.25, 0.3) is 0 Å². The highest BCUT2D eigenvalue weighted by molar-refractivity contribution is 5.97. The summed E-state index contributed by atoms with van der Waals surface area (Å²) in [5, 5.41) is 0. The Morgan fingerprint density at radius 3 is 2.33 bits per heavy atom. The van der Waals surface area contributed by atoms with Gasteiger partial charge in [0.05, 0.1) is 6.54 Å². The molecule has 1 aliphatic rings. The van der Waals surface area contributed by atoms with Crippen LogP contribution in [-0.2, 0) is 22.7 Å². The van der Waals surface area contributed by atoms with Crippen molar-refractivity contribution in [2.45, 2.75) is 32.4 Å². The van der Waals surface area contributed by atoms with E-state index in [-0.39, 0.29) is 24.9 Å². The molecule has 2 amide bonds. The number of halogens is 1. The highest BCUT2D eigenvalue weighted by Crippen LogP contribution is 2.17. The molecule has 0 aliphatic carbocycles. The van der Waals surface area contributed by atoms with Gasteiger partial charge in [0.1, 0.15) is 5.82 Å². The summed E-state index contributed by atoms with van der Waals surface area (Å²) in [4.78, 5) is 24.5. The molecule has 0 aromatic heterocycles. The normalized spacial score (nSPS) is 16.2. The van der Waals surface area contributed by atoms with Crippen LogP contribution in [0.1, 0.15) is 30.4 Å². The van der Waals surface area contributed by atoms with Crippen LogP contribution in [0.3, 0.4) is 0 Å². The molecule has 0 unspecified atom stereocenters. The average molecular weight is 250 g/mol. The number of nitrogens with zero attached hydrogens (tertiary/aromatic N) is 1. The zero-order chi connectivity index (χ0) is 13.1. The van der Waals surface area contributed by atoms with E-state index in [0.29, 0.717) is 30.4 Å². The first-order valence-electron chi connectivity index (χ1n) is 5.92. The van der Waals surface area contributed by atoms with Crippen LogP contribution in [0.2, 0.25) is 0 Å². The molecule has 1 aliphatic heterocycles. The fourth-order valence-electron chi connectivity index (χ4n) is 2.09. The second kappa shape index (κ2) is 5.27. The molecule has 1 aromatic carbocycles. The summed E-state index contributed by atoms with van der Waals surface area (Å²) in [6.07, 6.45) is 1.36. The summed E-state index contributed by atoms with van der Waals surface area (Å²) in [5.41, 5.74) is 6.71. The van der Waals surface area contributed by atoms with E-state index in [2.05, 4.69) is 0 Å². The van der Waals surface area contributed by atoms with E-state index in [1.54, 1.807) is 6.07 Å². The molecule has 4 nitrogen and oxygen atoms in total. The van der Waals surface area contributed by atoms with Gasteiger partial charge in [0, 0.05) is 19.4 Å². The van der Waals surface area contributed by atoms with E-state index in [1.807, 2.05) is 0 Å². The molecule has 1 heterocycles. The first-order chi connectivity index (χ1) is 8.60. The van der Waals surface area contributed by atoms with Crippen molar-refractivity contribution >= 4 is 11.8 Å². The maximum atomic E-state index is 13.3. The number of imide groups is 1. The van der Waals surface area contributed by atoms with Crippen molar-refractivity contribution in [2.75, 3.05) is 0 Å². The summed E-state index contributed by atoms with van der Waals surface area (Å²) in [5.74, 6) is -0.778. The molecule has 1 saturated heterocycles. The Labute approximate surface area is 105 Å². The predicted octanol–water partition coefficient (Wildman–Crippen LogP) is 1.32. The monoisotopic (exact) mass is 250 g/mol. The van der Waals surface area contributed by atoms with Crippen molar-refractivity contribution in [3.63, 3.8) is 0 Å². The number of hydrogen-bond donors (Lipinski definition) is 1. The second-order valence-electron chi connectivity index (χ2n) is 4.40. The molecular weight excluding hydrogens is 235 g/mol. The van der Waals surface area contributed by atoms with Crippen molar-refractivity contribution in [3.8, 4) is 0 Å². The number of carbonyl (C=O) groups excluding carboxylic acids is 2. The van der Waals surface area contributed by atoms with E-state index in [9.17, 15) is 14.0 Å². The molecule has 2 rings (SSSR count). The van der Waals surface area contributed by atoms with Crippen molar-refractivity contribution in [3.05, 3.63) is 35.1 Å². The largest absolute Gasteiger partial charge is 0.326 e. The maximum absolute atomic E-state index is 13.3. The van der Waals surface area contributed by atoms with Gasteiger partial charge in [0.15, 0.2) is 0 Å². The quantitative estimate of drug-likeness (QED) is 0.823. The van der Waals surface area contributed by atoms with Crippen LogP contribution < -0.4 is 5.73 Å². The average Bonchev–Trinajstić information content (AvgIpc) is 2.33. The van der Waals surface area contributed by atoms with E-state index in [4.69, 9.17) is 5.73 Å².